The zero-order valence-electron chi connectivity index (χ0n) is 19.6. The van der Waals surface area contributed by atoms with Crippen molar-refractivity contribution in [1.29, 1.82) is 0 Å². The highest BCUT2D eigenvalue weighted by molar-refractivity contribution is 7.99. The van der Waals surface area contributed by atoms with Crippen LogP contribution >= 0.6 is 23.4 Å². The molecule has 0 bridgehead atoms. The first kappa shape index (κ1) is 25.5. The molecule has 37 heavy (non-hydrogen) atoms. The molecule has 1 N–H and O–H groups in total. The number of thioether (sulfide) groups is 1. The van der Waals surface area contributed by atoms with Crippen LogP contribution in [-0.4, -0.2) is 47.0 Å². The molecule has 4 aromatic rings. The lowest BCUT2D eigenvalue weighted by Gasteiger charge is -2.16. The summed E-state index contributed by atoms with van der Waals surface area (Å²) >= 11 is 7.24. The second kappa shape index (κ2) is 10.7. The molecule has 2 heterocycles. The number of hydrogen-bond donors (Lipinski definition) is 1. The number of hydrogen-bond acceptors (Lipinski definition) is 6. The third-order valence-corrected chi connectivity index (χ3v) is 9.07. The van der Waals surface area contributed by atoms with Crippen LogP contribution in [0, 0.1) is 0 Å². The highest BCUT2D eigenvalue weighted by Gasteiger charge is 2.27. The normalized spacial score (nSPS) is 14.2. The molecule has 3 aromatic carbocycles. The molecule has 1 aromatic heterocycles. The Balaban J connectivity index is 1.35. The van der Waals surface area contributed by atoms with Crippen LogP contribution in [0.4, 0.5) is 5.69 Å². The average Bonchev–Trinajstić information content (AvgIpc) is 3.44. The standard InChI is InChI=1S/C26H23ClN4O4S2/c27-18-8-13-22-23(16-18)29-26(31(25(22)33)20-6-2-1-3-7-20)36-17-24(32)28-19-9-11-21(12-10-19)37(34,35)30-14-4-5-15-30/h1-3,6-13,16H,4-5,14-15,17H2,(H,28,32). The molecule has 1 saturated heterocycles. The summed E-state index contributed by atoms with van der Waals surface area (Å²) in [6.07, 6.45) is 1.73. The second-order valence-corrected chi connectivity index (χ2v) is 11.8. The highest BCUT2D eigenvalue weighted by atomic mass is 35.5. The molecule has 11 heteroatoms. The van der Waals surface area contributed by atoms with Gasteiger partial charge in [0.25, 0.3) is 5.56 Å². The number of aromatic nitrogens is 2. The molecule has 0 unspecified atom stereocenters. The quantitative estimate of drug-likeness (QED) is 0.265. The maximum Gasteiger partial charge on any atom is 0.266 e. The number of sulfonamides is 1. The van der Waals surface area contributed by atoms with Crippen molar-refractivity contribution in [2.45, 2.75) is 22.9 Å². The molecule has 5 rings (SSSR count). The van der Waals surface area contributed by atoms with E-state index in [-0.39, 0.29) is 22.1 Å². The van der Waals surface area contributed by atoms with Crippen LogP contribution in [0.2, 0.25) is 5.02 Å². The number of halogens is 1. The van der Waals surface area contributed by atoms with Gasteiger partial charge in [0.2, 0.25) is 15.9 Å². The molecule has 0 saturated carbocycles. The predicted molar refractivity (Wildman–Crippen MR) is 146 cm³/mol. The maximum absolute atomic E-state index is 13.3. The largest absolute Gasteiger partial charge is 0.325 e. The van der Waals surface area contributed by atoms with E-state index in [1.807, 2.05) is 18.2 Å². The van der Waals surface area contributed by atoms with Gasteiger partial charge in [0, 0.05) is 23.8 Å². The van der Waals surface area contributed by atoms with Gasteiger partial charge in [-0.1, -0.05) is 41.6 Å². The van der Waals surface area contributed by atoms with Gasteiger partial charge in [-0.25, -0.2) is 13.4 Å². The Morgan fingerprint density at radius 3 is 2.41 bits per heavy atom. The van der Waals surface area contributed by atoms with E-state index in [0.717, 1.165) is 24.6 Å². The summed E-state index contributed by atoms with van der Waals surface area (Å²) in [6.45, 7) is 1.06. The smallest absolute Gasteiger partial charge is 0.266 e. The molecule has 1 fully saturated rings. The van der Waals surface area contributed by atoms with E-state index in [1.54, 1.807) is 42.5 Å². The van der Waals surface area contributed by atoms with Gasteiger partial charge in [-0.3, -0.25) is 14.2 Å². The second-order valence-electron chi connectivity index (χ2n) is 8.50. The summed E-state index contributed by atoms with van der Waals surface area (Å²) < 4.78 is 28.4. The fourth-order valence-corrected chi connectivity index (χ4v) is 6.65. The van der Waals surface area contributed by atoms with E-state index in [9.17, 15) is 18.0 Å². The van der Waals surface area contributed by atoms with Gasteiger partial charge in [0.15, 0.2) is 5.16 Å². The molecular formula is C26H23ClN4O4S2. The molecule has 8 nitrogen and oxygen atoms in total. The Kier molecular flexibility index (Phi) is 7.34. The van der Waals surface area contributed by atoms with Crippen LogP contribution < -0.4 is 10.9 Å². The van der Waals surface area contributed by atoms with Crippen LogP contribution in [-0.2, 0) is 14.8 Å². The first-order valence-electron chi connectivity index (χ1n) is 11.6. The SMILES string of the molecule is O=C(CSc1nc2cc(Cl)ccc2c(=O)n1-c1ccccc1)Nc1ccc(S(=O)(=O)N2CCCC2)cc1. The number of nitrogens with zero attached hydrogens (tertiary/aromatic N) is 3. The number of amides is 1. The van der Waals surface area contributed by atoms with Crippen molar-refractivity contribution in [3.8, 4) is 5.69 Å². The predicted octanol–water partition coefficient (Wildman–Crippen LogP) is 4.55. The minimum atomic E-state index is -3.52. The number of fused-ring (bicyclic) bond motifs is 1. The third kappa shape index (κ3) is 5.42. The molecule has 0 atom stereocenters. The summed E-state index contributed by atoms with van der Waals surface area (Å²) in [5, 5.41) is 4.01. The van der Waals surface area contributed by atoms with Gasteiger partial charge in [-0.05, 0) is 67.4 Å². The number of carbonyl (C=O) groups excluding carboxylic acids is 1. The minimum Gasteiger partial charge on any atom is -0.325 e. The molecule has 0 radical (unpaired) electrons. The third-order valence-electron chi connectivity index (χ3n) is 5.99. The molecule has 1 aliphatic heterocycles. The topological polar surface area (TPSA) is 101 Å². The zero-order chi connectivity index (χ0) is 26.0. The summed E-state index contributed by atoms with van der Waals surface area (Å²) in [7, 11) is -3.52. The van der Waals surface area contributed by atoms with Crippen molar-refractivity contribution in [2.24, 2.45) is 0 Å². The first-order chi connectivity index (χ1) is 17.8. The van der Waals surface area contributed by atoms with Crippen molar-refractivity contribution in [3.05, 3.63) is 88.2 Å². The Labute approximate surface area is 223 Å². The van der Waals surface area contributed by atoms with Crippen LogP contribution in [0.3, 0.4) is 0 Å². The van der Waals surface area contributed by atoms with Crippen LogP contribution in [0.25, 0.3) is 16.6 Å². The van der Waals surface area contributed by atoms with Crippen LogP contribution in [0.5, 0.6) is 0 Å². The molecule has 190 valence electrons. The minimum absolute atomic E-state index is 0.0147. The lowest BCUT2D eigenvalue weighted by Crippen LogP contribution is -2.27. The number of rotatable bonds is 7. The van der Waals surface area contributed by atoms with Crippen LogP contribution in [0.1, 0.15) is 12.8 Å². The van der Waals surface area contributed by atoms with Crippen molar-refractivity contribution in [1.82, 2.24) is 13.9 Å². The monoisotopic (exact) mass is 554 g/mol. The zero-order valence-corrected chi connectivity index (χ0v) is 22.0. The fourth-order valence-electron chi connectivity index (χ4n) is 4.16. The molecule has 0 spiro atoms. The van der Waals surface area contributed by atoms with Gasteiger partial charge in [-0.2, -0.15) is 4.31 Å². The first-order valence-corrected chi connectivity index (χ1v) is 14.4. The van der Waals surface area contributed by atoms with Gasteiger partial charge < -0.3 is 5.32 Å². The summed E-state index contributed by atoms with van der Waals surface area (Å²) in [5.74, 6) is -0.334. The summed E-state index contributed by atoms with van der Waals surface area (Å²) in [4.78, 5) is 30.9. The molecule has 1 amide bonds. The Morgan fingerprint density at radius 2 is 1.70 bits per heavy atom. The summed E-state index contributed by atoms with van der Waals surface area (Å²) in [6, 6.07) is 20.1. The Bertz CT molecular complexity index is 1620. The lowest BCUT2D eigenvalue weighted by molar-refractivity contribution is -0.113. The van der Waals surface area contributed by atoms with E-state index >= 15 is 0 Å². The number of para-hydroxylation sites is 1. The number of carbonyl (C=O) groups is 1. The van der Waals surface area contributed by atoms with E-state index in [4.69, 9.17) is 11.6 Å². The van der Waals surface area contributed by atoms with Gasteiger partial charge >= 0.3 is 0 Å². The fraction of sp³-hybridized carbons (Fsp3) is 0.192. The Morgan fingerprint density at radius 1 is 1.00 bits per heavy atom. The molecule has 0 aliphatic carbocycles. The number of anilines is 1. The van der Waals surface area contributed by atoms with E-state index in [1.165, 1.54) is 21.0 Å². The van der Waals surface area contributed by atoms with Crippen LogP contribution in [0.15, 0.2) is 87.6 Å². The lowest BCUT2D eigenvalue weighted by atomic mass is 10.2. The van der Waals surface area contributed by atoms with E-state index < -0.39 is 10.0 Å². The summed E-state index contributed by atoms with van der Waals surface area (Å²) in [5.41, 5.74) is 1.30. The van der Waals surface area contributed by atoms with Crippen molar-refractivity contribution in [2.75, 3.05) is 24.2 Å². The number of benzene rings is 3. The average molecular weight is 555 g/mol. The van der Waals surface area contributed by atoms with Crippen molar-refractivity contribution >= 4 is 55.9 Å². The van der Waals surface area contributed by atoms with Crippen molar-refractivity contribution in [3.63, 3.8) is 0 Å². The Hall–Kier alpha value is -3.18. The van der Waals surface area contributed by atoms with Gasteiger partial charge in [-0.15, -0.1) is 0 Å². The maximum atomic E-state index is 13.3. The molecular weight excluding hydrogens is 532 g/mol. The molecule has 1 aliphatic rings. The van der Waals surface area contributed by atoms with E-state index in [2.05, 4.69) is 10.3 Å². The van der Waals surface area contributed by atoms with Gasteiger partial charge in [0.1, 0.15) is 0 Å². The van der Waals surface area contributed by atoms with Gasteiger partial charge in [0.05, 0.1) is 27.2 Å². The van der Waals surface area contributed by atoms with E-state index in [0.29, 0.717) is 45.5 Å². The number of nitrogens with one attached hydrogen (secondary N) is 1. The van der Waals surface area contributed by atoms with Crippen molar-refractivity contribution < 1.29 is 13.2 Å². The highest BCUT2D eigenvalue weighted by Crippen LogP contribution is 2.25.